The van der Waals surface area contributed by atoms with Crippen LogP contribution in [0.2, 0.25) is 10.0 Å². The fraction of sp³-hybridized carbons (Fsp3) is 0.200. The van der Waals surface area contributed by atoms with Gasteiger partial charge in [0.2, 0.25) is 11.9 Å². The smallest absolute Gasteiger partial charge is 0.248 e. The summed E-state index contributed by atoms with van der Waals surface area (Å²) in [4.78, 5) is 16.0. The molecule has 130 valence electrons. The molecule has 0 fully saturated rings. The highest BCUT2D eigenvalue weighted by Gasteiger charge is 2.10. The fourth-order valence-corrected chi connectivity index (χ4v) is 2.98. The van der Waals surface area contributed by atoms with Crippen molar-refractivity contribution in [2.45, 2.75) is 19.5 Å². The molecule has 25 heavy (non-hydrogen) atoms. The van der Waals surface area contributed by atoms with Gasteiger partial charge in [-0.1, -0.05) is 29.3 Å². The highest BCUT2D eigenvalue weighted by molar-refractivity contribution is 9.10. The molecule has 3 aromatic rings. The first-order valence-electron chi connectivity index (χ1n) is 7.31. The fourth-order valence-electron chi connectivity index (χ4n) is 2.14. The Kier molecular flexibility index (Phi) is 5.72. The number of hydrogen-bond donors (Lipinski definition) is 1. The zero-order valence-corrected chi connectivity index (χ0v) is 16.0. The number of aryl methyl sites for hydroxylation is 1. The Hall–Kier alpha value is -1.90. The molecule has 2 aromatic heterocycles. The van der Waals surface area contributed by atoms with E-state index in [2.05, 4.69) is 36.4 Å². The number of benzene rings is 1. The van der Waals surface area contributed by atoms with Crippen molar-refractivity contribution >= 4 is 51.0 Å². The van der Waals surface area contributed by atoms with Crippen LogP contribution in [0.25, 0.3) is 0 Å². The lowest BCUT2D eigenvalue weighted by Gasteiger charge is -2.06. The van der Waals surface area contributed by atoms with Crippen molar-refractivity contribution in [3.63, 3.8) is 0 Å². The van der Waals surface area contributed by atoms with E-state index in [-0.39, 0.29) is 18.3 Å². The van der Waals surface area contributed by atoms with E-state index in [0.717, 1.165) is 10.0 Å². The maximum Gasteiger partial charge on any atom is 0.248 e. The average molecular weight is 444 g/mol. The van der Waals surface area contributed by atoms with Gasteiger partial charge in [-0.2, -0.15) is 5.10 Å². The van der Waals surface area contributed by atoms with Gasteiger partial charge in [-0.15, -0.1) is 5.10 Å². The topological polar surface area (TPSA) is 77.6 Å². The predicted molar refractivity (Wildman–Crippen MR) is 98.8 cm³/mol. The van der Waals surface area contributed by atoms with E-state index in [1.165, 1.54) is 6.33 Å². The monoisotopic (exact) mass is 442 g/mol. The van der Waals surface area contributed by atoms with Gasteiger partial charge in [0.05, 0.1) is 17.2 Å². The summed E-state index contributed by atoms with van der Waals surface area (Å²) < 4.78 is 4.11. The van der Waals surface area contributed by atoms with Gasteiger partial charge < -0.3 is 0 Å². The summed E-state index contributed by atoms with van der Waals surface area (Å²) in [6.45, 7) is 0.829. The van der Waals surface area contributed by atoms with Crippen LogP contribution in [0.3, 0.4) is 0 Å². The minimum atomic E-state index is -0.194. The minimum Gasteiger partial charge on any atom is -0.293 e. The van der Waals surface area contributed by atoms with Crippen molar-refractivity contribution in [3.05, 3.63) is 57.0 Å². The van der Waals surface area contributed by atoms with Gasteiger partial charge in [-0.25, -0.2) is 9.67 Å². The molecule has 0 radical (unpaired) electrons. The number of hydrogen-bond acceptors (Lipinski definition) is 4. The van der Waals surface area contributed by atoms with Crippen molar-refractivity contribution in [1.82, 2.24) is 24.5 Å². The molecular weight excluding hydrogens is 431 g/mol. The van der Waals surface area contributed by atoms with E-state index in [4.69, 9.17) is 23.2 Å². The molecule has 0 aliphatic rings. The second kappa shape index (κ2) is 7.99. The maximum absolute atomic E-state index is 12.0. The summed E-state index contributed by atoms with van der Waals surface area (Å²) in [5.74, 6) is 0.0370. The third-order valence-electron chi connectivity index (χ3n) is 3.34. The molecule has 10 heteroatoms. The zero-order chi connectivity index (χ0) is 17.8. The van der Waals surface area contributed by atoms with Crippen molar-refractivity contribution < 1.29 is 4.79 Å². The van der Waals surface area contributed by atoms with Crippen LogP contribution >= 0.6 is 39.1 Å². The second-order valence-corrected chi connectivity index (χ2v) is 6.92. The Bertz CT molecular complexity index is 874. The largest absolute Gasteiger partial charge is 0.293 e. The highest BCUT2D eigenvalue weighted by atomic mass is 79.9. The van der Waals surface area contributed by atoms with Gasteiger partial charge in [-0.05, 0) is 28.1 Å². The van der Waals surface area contributed by atoms with Crippen molar-refractivity contribution in [3.8, 4) is 0 Å². The van der Waals surface area contributed by atoms with E-state index in [1.807, 2.05) is 0 Å². The molecule has 0 unspecified atom stereocenters. The molecule has 0 spiro atoms. The molecule has 0 saturated carbocycles. The van der Waals surface area contributed by atoms with Crippen LogP contribution in [0.5, 0.6) is 0 Å². The molecule has 1 aromatic carbocycles. The Morgan fingerprint density at radius 3 is 2.68 bits per heavy atom. The van der Waals surface area contributed by atoms with E-state index in [9.17, 15) is 4.79 Å². The summed E-state index contributed by atoms with van der Waals surface area (Å²) in [6, 6.07) is 5.30. The molecule has 1 amide bonds. The molecule has 2 heterocycles. The zero-order valence-electron chi connectivity index (χ0n) is 12.9. The number of rotatable bonds is 6. The lowest BCUT2D eigenvalue weighted by Crippen LogP contribution is -2.16. The third kappa shape index (κ3) is 4.81. The Labute approximate surface area is 162 Å². The number of aromatic nitrogens is 5. The normalized spacial score (nSPS) is 10.8. The minimum absolute atomic E-state index is 0.194. The van der Waals surface area contributed by atoms with Gasteiger partial charge in [0.25, 0.3) is 0 Å². The Morgan fingerprint density at radius 2 is 2.00 bits per heavy atom. The maximum atomic E-state index is 12.0. The molecule has 7 nitrogen and oxygen atoms in total. The van der Waals surface area contributed by atoms with Crippen molar-refractivity contribution in [2.24, 2.45) is 0 Å². The number of carbonyl (C=O) groups is 1. The highest BCUT2D eigenvalue weighted by Crippen LogP contribution is 2.24. The number of amides is 1. The van der Waals surface area contributed by atoms with Gasteiger partial charge in [0.1, 0.15) is 6.33 Å². The summed E-state index contributed by atoms with van der Waals surface area (Å²) >= 11 is 15.6. The van der Waals surface area contributed by atoms with Crippen molar-refractivity contribution in [2.75, 3.05) is 5.32 Å². The van der Waals surface area contributed by atoms with E-state index >= 15 is 0 Å². The predicted octanol–water partition coefficient (Wildman–Crippen LogP) is 3.62. The van der Waals surface area contributed by atoms with E-state index < -0.39 is 0 Å². The van der Waals surface area contributed by atoms with Crippen LogP contribution in [0.15, 0.2) is 41.4 Å². The third-order valence-corrected chi connectivity index (χ3v) is 4.46. The standard InChI is InChI=1S/C15H13BrCl2N6O/c16-10-6-20-23(7-10)5-4-14(25)21-15-19-9-24(22-15)8-11-12(17)2-1-3-13(11)18/h1-3,6-7,9H,4-5,8H2,(H,21,22,25). The first-order valence-corrected chi connectivity index (χ1v) is 8.86. The number of nitrogens with zero attached hydrogens (tertiary/aromatic N) is 5. The van der Waals surface area contributed by atoms with Gasteiger partial charge in [-0.3, -0.25) is 14.8 Å². The van der Waals surface area contributed by atoms with Crippen LogP contribution in [0, 0.1) is 0 Å². The van der Waals surface area contributed by atoms with Crippen LogP contribution < -0.4 is 5.32 Å². The van der Waals surface area contributed by atoms with Crippen LogP contribution in [-0.4, -0.2) is 30.5 Å². The summed E-state index contributed by atoms with van der Waals surface area (Å²) in [7, 11) is 0. The van der Waals surface area contributed by atoms with Gasteiger partial charge in [0.15, 0.2) is 0 Å². The lowest BCUT2D eigenvalue weighted by atomic mass is 10.2. The quantitative estimate of drug-likeness (QED) is 0.631. The molecule has 0 saturated heterocycles. The number of halogens is 3. The molecular formula is C15H13BrCl2N6O. The first-order chi connectivity index (χ1) is 12.0. The van der Waals surface area contributed by atoms with Gasteiger partial charge in [0, 0.05) is 34.8 Å². The molecule has 1 N–H and O–H groups in total. The number of carbonyl (C=O) groups excluding carboxylic acids is 1. The van der Waals surface area contributed by atoms with Crippen molar-refractivity contribution in [1.29, 1.82) is 0 Å². The molecule has 0 bridgehead atoms. The van der Waals surface area contributed by atoms with Crippen LogP contribution in [-0.2, 0) is 17.9 Å². The second-order valence-electron chi connectivity index (χ2n) is 5.19. The Balaban J connectivity index is 1.57. The summed E-state index contributed by atoms with van der Waals surface area (Å²) in [5, 5.41) is 12.1. The summed E-state index contributed by atoms with van der Waals surface area (Å²) in [6.07, 6.45) is 5.24. The lowest BCUT2D eigenvalue weighted by molar-refractivity contribution is -0.116. The molecule has 0 aliphatic heterocycles. The SMILES string of the molecule is O=C(CCn1cc(Br)cn1)Nc1ncn(Cc2c(Cl)cccc2Cl)n1. The Morgan fingerprint density at radius 1 is 1.24 bits per heavy atom. The number of anilines is 1. The molecule has 3 rings (SSSR count). The molecule has 0 aliphatic carbocycles. The van der Waals surface area contributed by atoms with Crippen LogP contribution in [0.4, 0.5) is 5.95 Å². The number of nitrogens with one attached hydrogen (secondary N) is 1. The average Bonchev–Trinajstić information content (AvgIpc) is 3.18. The van der Waals surface area contributed by atoms with Crippen LogP contribution in [0.1, 0.15) is 12.0 Å². The van der Waals surface area contributed by atoms with E-state index in [0.29, 0.717) is 23.1 Å². The first kappa shape index (κ1) is 17.9. The van der Waals surface area contributed by atoms with E-state index in [1.54, 1.807) is 40.0 Å². The van der Waals surface area contributed by atoms with Gasteiger partial charge >= 0.3 is 0 Å². The molecule has 0 atom stereocenters. The summed E-state index contributed by atoms with van der Waals surface area (Å²) in [5.41, 5.74) is 0.748.